The van der Waals surface area contributed by atoms with Crippen LogP contribution in [-0.2, 0) is 22.6 Å². The van der Waals surface area contributed by atoms with Gasteiger partial charge in [0.2, 0.25) is 11.8 Å². The van der Waals surface area contributed by atoms with Gasteiger partial charge in [-0.05, 0) is 54.4 Å². The van der Waals surface area contributed by atoms with Crippen molar-refractivity contribution < 1.29 is 9.59 Å². The molecule has 2 amide bonds. The average Bonchev–Trinajstić information content (AvgIpc) is 3.15. The van der Waals surface area contributed by atoms with Crippen LogP contribution in [0.15, 0.2) is 53.9 Å². The molecule has 158 valence electrons. The summed E-state index contributed by atoms with van der Waals surface area (Å²) < 4.78 is 1.25. The maximum absolute atomic E-state index is 12.9. The Bertz CT molecular complexity index is 1030. The Balaban J connectivity index is 1.58. The summed E-state index contributed by atoms with van der Waals surface area (Å²) in [5, 5.41) is 6.31. The molecule has 1 N–H and O–H groups in total. The molecule has 1 atom stereocenters. The number of carbonyl (C=O) groups is 2. The zero-order valence-corrected chi connectivity index (χ0v) is 18.8. The van der Waals surface area contributed by atoms with E-state index in [1.165, 1.54) is 20.5 Å². The van der Waals surface area contributed by atoms with E-state index >= 15 is 0 Å². The van der Waals surface area contributed by atoms with Gasteiger partial charge in [0.25, 0.3) is 0 Å². The number of aryl methyl sites for hydroxylation is 1. The number of benzene rings is 2. The van der Waals surface area contributed by atoms with E-state index in [1.807, 2.05) is 55.3 Å². The highest BCUT2D eigenvalue weighted by Gasteiger charge is 2.24. The summed E-state index contributed by atoms with van der Waals surface area (Å²) in [6, 6.07) is 15.7. The molecule has 1 heterocycles. The van der Waals surface area contributed by atoms with Crippen molar-refractivity contribution in [3.63, 3.8) is 0 Å². The van der Waals surface area contributed by atoms with Gasteiger partial charge in [-0.1, -0.05) is 43.3 Å². The van der Waals surface area contributed by atoms with Crippen molar-refractivity contribution in [3.8, 4) is 0 Å². The number of fused-ring (bicyclic) bond motifs is 1. The molecule has 0 aliphatic rings. The number of likely N-dealkylation sites (N-methyl/N-ethyl adjacent to an activating group) is 2. The Hall–Kier alpha value is -2.70. The largest absolute Gasteiger partial charge is 0.335 e. The highest BCUT2D eigenvalue weighted by atomic mass is 32.1. The van der Waals surface area contributed by atoms with Gasteiger partial charge in [-0.2, -0.15) is 0 Å². The normalized spacial score (nSPS) is 12.2. The minimum absolute atomic E-state index is 0.0242. The Kier molecular flexibility index (Phi) is 7.24. The third kappa shape index (κ3) is 5.07. The minimum Gasteiger partial charge on any atom is -0.335 e. The van der Waals surface area contributed by atoms with E-state index in [0.29, 0.717) is 6.54 Å². The van der Waals surface area contributed by atoms with E-state index in [-0.39, 0.29) is 24.4 Å². The molecule has 30 heavy (non-hydrogen) atoms. The van der Waals surface area contributed by atoms with Gasteiger partial charge in [0.1, 0.15) is 0 Å². The Morgan fingerprint density at radius 3 is 2.50 bits per heavy atom. The lowest BCUT2D eigenvalue weighted by molar-refractivity contribution is -0.137. The van der Waals surface area contributed by atoms with E-state index in [0.717, 1.165) is 17.7 Å². The standard InChI is InChI=1S/C24H29N3O2S/c1-5-18-10-6-8-12-21(18)25-23(28)15-27(4)24(29)17(2)26(3)14-19-16-30-22-13-9-7-11-20(19)22/h6-13,16-17H,5,14-15H2,1-4H3,(H,25,28). The molecule has 1 aromatic heterocycles. The van der Waals surface area contributed by atoms with Crippen LogP contribution in [0.5, 0.6) is 0 Å². The van der Waals surface area contributed by atoms with E-state index in [9.17, 15) is 9.59 Å². The molecule has 0 bridgehead atoms. The van der Waals surface area contributed by atoms with Crippen molar-refractivity contribution in [2.75, 3.05) is 26.0 Å². The van der Waals surface area contributed by atoms with Crippen molar-refractivity contribution >= 4 is 38.9 Å². The fourth-order valence-corrected chi connectivity index (χ4v) is 4.46. The van der Waals surface area contributed by atoms with Gasteiger partial charge in [0.15, 0.2) is 0 Å². The molecule has 2 aromatic carbocycles. The molecular weight excluding hydrogens is 394 g/mol. The first kappa shape index (κ1) is 22.0. The number of anilines is 1. The average molecular weight is 424 g/mol. The third-order valence-electron chi connectivity index (χ3n) is 5.43. The maximum atomic E-state index is 12.9. The van der Waals surface area contributed by atoms with E-state index in [2.05, 4.69) is 29.8 Å². The number of nitrogens with one attached hydrogen (secondary N) is 1. The second-order valence-corrected chi connectivity index (χ2v) is 8.51. The van der Waals surface area contributed by atoms with Crippen molar-refractivity contribution in [1.82, 2.24) is 9.80 Å². The predicted octanol–water partition coefficient (Wildman–Crippen LogP) is 4.38. The number of hydrogen-bond donors (Lipinski definition) is 1. The lowest BCUT2D eigenvalue weighted by Gasteiger charge is -2.28. The highest BCUT2D eigenvalue weighted by Crippen LogP contribution is 2.27. The summed E-state index contributed by atoms with van der Waals surface area (Å²) >= 11 is 1.72. The monoisotopic (exact) mass is 423 g/mol. The first-order valence-corrected chi connectivity index (χ1v) is 11.1. The SMILES string of the molecule is CCc1ccccc1NC(=O)CN(C)C(=O)C(C)N(C)Cc1csc2ccccc12. The van der Waals surface area contributed by atoms with Crippen molar-refractivity contribution in [3.05, 3.63) is 65.0 Å². The molecule has 6 heteroatoms. The van der Waals surface area contributed by atoms with Crippen LogP contribution in [0.1, 0.15) is 25.0 Å². The Morgan fingerprint density at radius 1 is 1.03 bits per heavy atom. The lowest BCUT2D eigenvalue weighted by Crippen LogP contribution is -2.46. The topological polar surface area (TPSA) is 52.7 Å². The molecule has 0 spiro atoms. The van der Waals surface area contributed by atoms with Gasteiger partial charge in [-0.25, -0.2) is 0 Å². The summed E-state index contributed by atoms with van der Waals surface area (Å²) in [5.41, 5.74) is 3.10. The number of nitrogens with zero attached hydrogens (tertiary/aromatic N) is 2. The second-order valence-electron chi connectivity index (χ2n) is 7.60. The summed E-state index contributed by atoms with van der Waals surface area (Å²) in [7, 11) is 3.62. The summed E-state index contributed by atoms with van der Waals surface area (Å²) in [6.07, 6.45) is 0.838. The van der Waals surface area contributed by atoms with Gasteiger partial charge in [0.05, 0.1) is 12.6 Å². The zero-order valence-electron chi connectivity index (χ0n) is 18.0. The van der Waals surface area contributed by atoms with Crippen molar-refractivity contribution in [1.29, 1.82) is 0 Å². The number of para-hydroxylation sites is 1. The molecule has 0 aliphatic carbocycles. The number of rotatable bonds is 8. The summed E-state index contributed by atoms with van der Waals surface area (Å²) in [6.45, 7) is 4.64. The van der Waals surface area contributed by atoms with Crippen molar-refractivity contribution in [2.45, 2.75) is 32.9 Å². The zero-order chi connectivity index (χ0) is 21.7. The highest BCUT2D eigenvalue weighted by molar-refractivity contribution is 7.17. The van der Waals surface area contributed by atoms with Crippen LogP contribution in [-0.4, -0.2) is 48.3 Å². The van der Waals surface area contributed by atoms with Gasteiger partial charge in [-0.3, -0.25) is 14.5 Å². The smallest absolute Gasteiger partial charge is 0.243 e. The molecule has 3 aromatic rings. The van der Waals surface area contributed by atoms with Crippen LogP contribution in [0.4, 0.5) is 5.69 Å². The van der Waals surface area contributed by atoms with Gasteiger partial charge >= 0.3 is 0 Å². The number of hydrogen-bond acceptors (Lipinski definition) is 4. The first-order valence-electron chi connectivity index (χ1n) is 10.2. The third-order valence-corrected chi connectivity index (χ3v) is 6.44. The van der Waals surface area contributed by atoms with E-state index < -0.39 is 0 Å². The van der Waals surface area contributed by atoms with Crippen LogP contribution >= 0.6 is 11.3 Å². The van der Waals surface area contributed by atoms with Crippen LogP contribution in [0.3, 0.4) is 0 Å². The molecule has 0 saturated heterocycles. The summed E-state index contributed by atoms with van der Waals surface area (Å²) in [4.78, 5) is 28.9. The van der Waals surface area contributed by atoms with Gasteiger partial charge in [-0.15, -0.1) is 11.3 Å². The molecule has 0 aliphatic heterocycles. The number of amides is 2. The molecule has 1 unspecified atom stereocenters. The first-order chi connectivity index (χ1) is 14.4. The maximum Gasteiger partial charge on any atom is 0.243 e. The number of thiophene rings is 1. The molecular formula is C24H29N3O2S. The fourth-order valence-electron chi connectivity index (χ4n) is 3.50. The van der Waals surface area contributed by atoms with Crippen LogP contribution in [0.2, 0.25) is 0 Å². The van der Waals surface area contributed by atoms with Crippen molar-refractivity contribution in [2.24, 2.45) is 0 Å². The quantitative estimate of drug-likeness (QED) is 0.585. The van der Waals surface area contributed by atoms with Crippen LogP contribution in [0.25, 0.3) is 10.1 Å². The van der Waals surface area contributed by atoms with Gasteiger partial charge in [0, 0.05) is 24.0 Å². The van der Waals surface area contributed by atoms with E-state index in [4.69, 9.17) is 0 Å². The lowest BCUT2D eigenvalue weighted by atomic mass is 10.1. The van der Waals surface area contributed by atoms with Gasteiger partial charge < -0.3 is 10.2 Å². The van der Waals surface area contributed by atoms with E-state index in [1.54, 1.807) is 18.4 Å². The summed E-state index contributed by atoms with van der Waals surface area (Å²) in [5.74, 6) is -0.263. The fraction of sp³-hybridized carbons (Fsp3) is 0.333. The molecule has 0 saturated carbocycles. The minimum atomic E-state index is -0.329. The molecule has 5 nitrogen and oxygen atoms in total. The Labute approximate surface area is 182 Å². The number of carbonyl (C=O) groups excluding carboxylic acids is 2. The molecule has 0 radical (unpaired) electrons. The van der Waals surface area contributed by atoms with Crippen LogP contribution < -0.4 is 5.32 Å². The van der Waals surface area contributed by atoms with Crippen LogP contribution in [0, 0.1) is 0 Å². The molecule has 3 rings (SSSR count). The molecule has 0 fully saturated rings. The Morgan fingerprint density at radius 2 is 1.73 bits per heavy atom. The second kappa shape index (κ2) is 9.87. The predicted molar refractivity (Wildman–Crippen MR) is 125 cm³/mol.